The Morgan fingerprint density at radius 1 is 1.27 bits per heavy atom. The zero-order chi connectivity index (χ0) is 18.7. The third kappa shape index (κ3) is 4.75. The van der Waals surface area contributed by atoms with E-state index in [1.54, 1.807) is 25.1 Å². The van der Waals surface area contributed by atoms with E-state index in [4.69, 9.17) is 0 Å². The van der Waals surface area contributed by atoms with Crippen molar-refractivity contribution in [1.82, 2.24) is 15.3 Å². The van der Waals surface area contributed by atoms with Crippen molar-refractivity contribution >= 4 is 21.7 Å². The van der Waals surface area contributed by atoms with E-state index >= 15 is 0 Å². The molecule has 0 aliphatic carbocycles. The first-order valence-electron chi connectivity index (χ1n) is 8.16. The lowest BCUT2D eigenvalue weighted by Crippen LogP contribution is -2.26. The number of carbonyl (C=O) groups is 1. The fourth-order valence-electron chi connectivity index (χ4n) is 2.72. The minimum absolute atomic E-state index is 0.0381. The molecule has 1 unspecified atom stereocenters. The van der Waals surface area contributed by atoms with Crippen molar-refractivity contribution < 1.29 is 17.6 Å². The lowest BCUT2D eigenvalue weighted by atomic mass is 10.2. The van der Waals surface area contributed by atoms with Gasteiger partial charge in [-0.05, 0) is 37.1 Å². The SMILES string of the molecule is Cc1cc(C(=O)NCc2ccc(F)cc2)nc(NC2CCS(=O)(=O)C2)n1. The quantitative estimate of drug-likeness (QED) is 0.817. The number of anilines is 1. The third-order valence-electron chi connectivity index (χ3n) is 4.02. The van der Waals surface area contributed by atoms with E-state index in [1.807, 2.05) is 0 Å². The van der Waals surface area contributed by atoms with Crippen molar-refractivity contribution in [2.75, 3.05) is 16.8 Å². The highest BCUT2D eigenvalue weighted by atomic mass is 32.2. The van der Waals surface area contributed by atoms with Gasteiger partial charge in [0.1, 0.15) is 11.5 Å². The zero-order valence-corrected chi connectivity index (χ0v) is 15.0. The molecule has 0 radical (unpaired) electrons. The summed E-state index contributed by atoms with van der Waals surface area (Å²) >= 11 is 0. The number of hydrogen-bond acceptors (Lipinski definition) is 6. The number of nitrogens with one attached hydrogen (secondary N) is 2. The molecule has 138 valence electrons. The Labute approximate surface area is 151 Å². The fraction of sp³-hybridized carbons (Fsp3) is 0.353. The van der Waals surface area contributed by atoms with E-state index in [0.717, 1.165) is 5.56 Å². The van der Waals surface area contributed by atoms with E-state index in [9.17, 15) is 17.6 Å². The van der Waals surface area contributed by atoms with Gasteiger partial charge in [-0.15, -0.1) is 0 Å². The molecule has 0 bridgehead atoms. The van der Waals surface area contributed by atoms with E-state index in [1.165, 1.54) is 12.1 Å². The Morgan fingerprint density at radius 3 is 2.65 bits per heavy atom. The molecule has 3 rings (SSSR count). The smallest absolute Gasteiger partial charge is 0.270 e. The minimum Gasteiger partial charge on any atom is -0.350 e. The number of aryl methyl sites for hydroxylation is 1. The molecule has 1 aromatic heterocycles. The first-order chi connectivity index (χ1) is 12.3. The minimum atomic E-state index is -3.02. The number of sulfone groups is 1. The van der Waals surface area contributed by atoms with Gasteiger partial charge in [0.25, 0.3) is 5.91 Å². The molecule has 0 saturated carbocycles. The van der Waals surface area contributed by atoms with Crippen LogP contribution < -0.4 is 10.6 Å². The van der Waals surface area contributed by atoms with Gasteiger partial charge in [-0.2, -0.15) is 0 Å². The van der Waals surface area contributed by atoms with Crippen LogP contribution in [0.1, 0.15) is 28.2 Å². The number of aromatic nitrogens is 2. The van der Waals surface area contributed by atoms with E-state index in [0.29, 0.717) is 12.1 Å². The average Bonchev–Trinajstić information content (AvgIpc) is 2.92. The van der Waals surface area contributed by atoms with Gasteiger partial charge in [0.15, 0.2) is 9.84 Å². The molecule has 1 fully saturated rings. The van der Waals surface area contributed by atoms with Gasteiger partial charge >= 0.3 is 0 Å². The Hall–Kier alpha value is -2.55. The summed E-state index contributed by atoms with van der Waals surface area (Å²) in [6.07, 6.45) is 0.492. The maximum Gasteiger partial charge on any atom is 0.270 e. The van der Waals surface area contributed by atoms with Gasteiger partial charge in [0.2, 0.25) is 5.95 Å². The van der Waals surface area contributed by atoms with Crippen LogP contribution in [-0.4, -0.2) is 41.8 Å². The molecule has 26 heavy (non-hydrogen) atoms. The lowest BCUT2D eigenvalue weighted by molar-refractivity contribution is 0.0945. The molecule has 2 aromatic rings. The summed E-state index contributed by atoms with van der Waals surface area (Å²) in [7, 11) is -3.02. The van der Waals surface area contributed by atoms with E-state index in [-0.39, 0.29) is 47.5 Å². The van der Waals surface area contributed by atoms with E-state index < -0.39 is 9.84 Å². The molecule has 7 nitrogen and oxygen atoms in total. The largest absolute Gasteiger partial charge is 0.350 e. The molecule has 2 N–H and O–H groups in total. The molecule has 1 aromatic carbocycles. The second-order valence-corrected chi connectivity index (χ2v) is 8.50. The first kappa shape index (κ1) is 18.2. The van der Waals surface area contributed by atoms with Crippen LogP contribution in [0.3, 0.4) is 0 Å². The van der Waals surface area contributed by atoms with E-state index in [2.05, 4.69) is 20.6 Å². The average molecular weight is 378 g/mol. The van der Waals surface area contributed by atoms with Crippen LogP contribution in [0.4, 0.5) is 10.3 Å². The predicted molar refractivity (Wildman–Crippen MR) is 95.0 cm³/mol. The summed E-state index contributed by atoms with van der Waals surface area (Å²) in [4.78, 5) is 20.7. The van der Waals surface area contributed by atoms with Crippen LogP contribution in [0, 0.1) is 12.7 Å². The van der Waals surface area contributed by atoms with Crippen molar-refractivity contribution in [2.45, 2.75) is 25.9 Å². The molecular formula is C17H19FN4O3S. The fourth-order valence-corrected chi connectivity index (χ4v) is 4.39. The van der Waals surface area contributed by atoms with Crippen LogP contribution in [-0.2, 0) is 16.4 Å². The standard InChI is InChI=1S/C17H19FN4O3S/c1-11-8-15(16(23)19-9-12-2-4-13(18)5-3-12)22-17(20-11)21-14-6-7-26(24,25)10-14/h2-5,8,14H,6-7,9-10H2,1H3,(H,19,23)(H,20,21,22). The van der Waals surface area contributed by atoms with Crippen LogP contribution in [0.25, 0.3) is 0 Å². The summed E-state index contributed by atoms with van der Waals surface area (Å²) in [6.45, 7) is 1.97. The van der Waals surface area contributed by atoms with Gasteiger partial charge in [0, 0.05) is 18.3 Å². The molecule has 0 spiro atoms. The highest BCUT2D eigenvalue weighted by molar-refractivity contribution is 7.91. The number of hydrogen-bond donors (Lipinski definition) is 2. The topological polar surface area (TPSA) is 101 Å². The second kappa shape index (κ2) is 7.36. The zero-order valence-electron chi connectivity index (χ0n) is 14.2. The molecule has 1 atom stereocenters. The molecule has 1 amide bonds. The summed E-state index contributed by atoms with van der Waals surface area (Å²) < 4.78 is 36.0. The number of benzene rings is 1. The molecular weight excluding hydrogens is 359 g/mol. The van der Waals surface area contributed by atoms with Gasteiger partial charge in [-0.25, -0.2) is 22.8 Å². The number of carbonyl (C=O) groups excluding carboxylic acids is 1. The first-order valence-corrected chi connectivity index (χ1v) is 9.98. The number of nitrogens with zero attached hydrogens (tertiary/aromatic N) is 2. The highest BCUT2D eigenvalue weighted by Crippen LogP contribution is 2.16. The van der Waals surface area contributed by atoms with Crippen molar-refractivity contribution in [3.05, 3.63) is 53.1 Å². The summed E-state index contributed by atoms with van der Waals surface area (Å²) in [5, 5.41) is 5.71. The van der Waals surface area contributed by atoms with Gasteiger partial charge in [-0.3, -0.25) is 4.79 Å². The number of halogens is 1. The Balaban J connectivity index is 1.66. The van der Waals surface area contributed by atoms with Gasteiger partial charge < -0.3 is 10.6 Å². The third-order valence-corrected chi connectivity index (χ3v) is 5.79. The van der Waals surface area contributed by atoms with Crippen LogP contribution >= 0.6 is 0 Å². The Bertz CT molecular complexity index is 916. The lowest BCUT2D eigenvalue weighted by Gasteiger charge is -2.12. The Morgan fingerprint density at radius 2 is 2.00 bits per heavy atom. The normalized spacial score (nSPS) is 18.5. The summed E-state index contributed by atoms with van der Waals surface area (Å²) in [5.41, 5.74) is 1.54. The molecule has 1 saturated heterocycles. The molecule has 1 aliphatic heterocycles. The monoisotopic (exact) mass is 378 g/mol. The van der Waals surface area contributed by atoms with Crippen molar-refractivity contribution in [3.63, 3.8) is 0 Å². The molecule has 9 heteroatoms. The maximum absolute atomic E-state index is 12.9. The number of rotatable bonds is 5. The van der Waals surface area contributed by atoms with Gasteiger partial charge in [-0.1, -0.05) is 12.1 Å². The number of amides is 1. The van der Waals surface area contributed by atoms with Crippen LogP contribution in [0.2, 0.25) is 0 Å². The highest BCUT2D eigenvalue weighted by Gasteiger charge is 2.28. The maximum atomic E-state index is 12.9. The Kier molecular flexibility index (Phi) is 5.17. The van der Waals surface area contributed by atoms with Crippen molar-refractivity contribution in [2.24, 2.45) is 0 Å². The predicted octanol–water partition coefficient (Wildman–Crippen LogP) is 1.45. The molecule has 2 heterocycles. The van der Waals surface area contributed by atoms with Crippen LogP contribution in [0.15, 0.2) is 30.3 Å². The van der Waals surface area contributed by atoms with Crippen molar-refractivity contribution in [1.29, 1.82) is 0 Å². The van der Waals surface area contributed by atoms with Crippen LogP contribution in [0.5, 0.6) is 0 Å². The molecule has 1 aliphatic rings. The van der Waals surface area contributed by atoms with Gasteiger partial charge in [0.05, 0.1) is 11.5 Å². The summed E-state index contributed by atoms with van der Waals surface area (Å²) in [6, 6.07) is 7.14. The summed E-state index contributed by atoms with van der Waals surface area (Å²) in [5.74, 6) is -0.310. The van der Waals surface area contributed by atoms with Crippen molar-refractivity contribution in [3.8, 4) is 0 Å². The second-order valence-electron chi connectivity index (χ2n) is 6.27.